The van der Waals surface area contributed by atoms with Crippen molar-refractivity contribution in [2.75, 3.05) is 21.3 Å². The molecule has 6 N–H and O–H groups in total. The van der Waals surface area contributed by atoms with Gasteiger partial charge in [-0.25, -0.2) is 0 Å². The summed E-state index contributed by atoms with van der Waals surface area (Å²) in [5.74, 6) is -2.76. The van der Waals surface area contributed by atoms with Gasteiger partial charge >= 0.3 is 0 Å². The molecule has 41 heavy (non-hydrogen) atoms. The highest BCUT2D eigenvalue weighted by molar-refractivity contribution is 6.30. The Balaban J connectivity index is 1.70. The number of hydrogen-bond donors (Lipinski definition) is 6. The van der Waals surface area contributed by atoms with Crippen LogP contribution in [0.2, 0.25) is 0 Å². The summed E-state index contributed by atoms with van der Waals surface area (Å²) >= 11 is 0. The highest BCUT2D eigenvalue weighted by Crippen LogP contribution is 2.53. The summed E-state index contributed by atoms with van der Waals surface area (Å²) in [6, 6.07) is 3.62. The molecule has 0 saturated carbocycles. The van der Waals surface area contributed by atoms with Crippen LogP contribution in [0.5, 0.6) is 17.2 Å². The molecule has 0 radical (unpaired) electrons. The molecule has 2 aliphatic carbocycles. The van der Waals surface area contributed by atoms with E-state index in [1.165, 1.54) is 47.3 Å². The normalized spacial score (nSPS) is 34.6. The van der Waals surface area contributed by atoms with Gasteiger partial charge in [0.2, 0.25) is 5.78 Å². The molecule has 0 bridgehead atoms. The predicted octanol–water partition coefficient (Wildman–Crippen LogP) is 0.234. The molecule has 13 nitrogen and oxygen atoms in total. The van der Waals surface area contributed by atoms with Gasteiger partial charge in [-0.1, -0.05) is 0 Å². The van der Waals surface area contributed by atoms with Crippen molar-refractivity contribution in [3.63, 3.8) is 0 Å². The Morgan fingerprint density at radius 2 is 1.56 bits per heavy atom. The summed E-state index contributed by atoms with van der Waals surface area (Å²) in [5, 5.41) is 65.7. The van der Waals surface area contributed by atoms with Gasteiger partial charge in [0.05, 0.1) is 24.3 Å². The summed E-state index contributed by atoms with van der Waals surface area (Å²) in [4.78, 5) is 27.2. The van der Waals surface area contributed by atoms with Crippen LogP contribution in [0.1, 0.15) is 69.0 Å². The first-order chi connectivity index (χ1) is 19.3. The average Bonchev–Trinajstić information content (AvgIpc) is 2.92. The number of phenolic OH excluding ortho intramolecular Hbond substituents is 2. The molecule has 2 aromatic carbocycles. The van der Waals surface area contributed by atoms with Crippen molar-refractivity contribution < 1.29 is 63.9 Å². The van der Waals surface area contributed by atoms with E-state index in [9.17, 15) is 40.2 Å². The quantitative estimate of drug-likeness (QED) is 0.241. The molecule has 0 amide bonds. The van der Waals surface area contributed by atoms with E-state index in [-0.39, 0.29) is 33.6 Å². The lowest BCUT2D eigenvalue weighted by Gasteiger charge is -2.48. The number of benzene rings is 2. The van der Waals surface area contributed by atoms with Crippen LogP contribution in [0.15, 0.2) is 18.2 Å². The Bertz CT molecular complexity index is 1400. The van der Waals surface area contributed by atoms with Crippen molar-refractivity contribution in [2.45, 2.75) is 68.5 Å². The van der Waals surface area contributed by atoms with E-state index >= 15 is 0 Å². The molecule has 1 fully saturated rings. The Morgan fingerprint density at radius 1 is 0.902 bits per heavy atom. The van der Waals surface area contributed by atoms with Gasteiger partial charge in [0.15, 0.2) is 12.1 Å². The van der Waals surface area contributed by atoms with E-state index in [0.717, 1.165) is 6.07 Å². The lowest BCUT2D eigenvalue weighted by Crippen LogP contribution is -2.60. The SMILES string of the molecule is COc1cc(O)c2c(c1)C(=O)c1cc3c(c(O)c1C2=O)C(OC1OC(C)C(O)C(O)C1OC)C(OC)C(C)(O)C3O. The fourth-order valence-corrected chi connectivity index (χ4v) is 5.98. The van der Waals surface area contributed by atoms with Crippen molar-refractivity contribution in [3.05, 3.63) is 51.6 Å². The van der Waals surface area contributed by atoms with Gasteiger partial charge < -0.3 is 54.3 Å². The second-order valence-electron chi connectivity index (χ2n) is 10.6. The first-order valence-corrected chi connectivity index (χ1v) is 12.8. The summed E-state index contributed by atoms with van der Waals surface area (Å²) < 4.78 is 27.9. The summed E-state index contributed by atoms with van der Waals surface area (Å²) in [7, 11) is 3.81. The lowest BCUT2D eigenvalue weighted by molar-refractivity contribution is -0.327. The first-order valence-electron chi connectivity index (χ1n) is 12.8. The maximum absolute atomic E-state index is 13.7. The van der Waals surface area contributed by atoms with Crippen LogP contribution in [0, 0.1) is 0 Å². The molecule has 3 aliphatic rings. The molecule has 13 heteroatoms. The van der Waals surface area contributed by atoms with E-state index < -0.39 is 83.2 Å². The van der Waals surface area contributed by atoms with Gasteiger partial charge in [0, 0.05) is 37.0 Å². The summed E-state index contributed by atoms with van der Waals surface area (Å²) in [5.41, 5.74) is -3.60. The molecule has 1 heterocycles. The number of aromatic hydroxyl groups is 2. The summed E-state index contributed by atoms with van der Waals surface area (Å²) in [6.07, 6.45) is -10.8. The topological polar surface area (TPSA) is 202 Å². The number of ether oxygens (including phenoxy) is 5. The smallest absolute Gasteiger partial charge is 0.201 e. The zero-order valence-corrected chi connectivity index (χ0v) is 22.9. The molecule has 5 rings (SSSR count). The van der Waals surface area contributed by atoms with Crippen LogP contribution in [0.4, 0.5) is 0 Å². The van der Waals surface area contributed by atoms with Crippen molar-refractivity contribution in [3.8, 4) is 17.2 Å². The van der Waals surface area contributed by atoms with Crippen LogP contribution in [-0.2, 0) is 18.9 Å². The van der Waals surface area contributed by atoms with E-state index in [0.29, 0.717) is 0 Å². The van der Waals surface area contributed by atoms with E-state index in [1.807, 2.05) is 0 Å². The number of phenols is 2. The molecule has 1 saturated heterocycles. The predicted molar refractivity (Wildman–Crippen MR) is 137 cm³/mol. The second kappa shape index (κ2) is 10.3. The van der Waals surface area contributed by atoms with Crippen LogP contribution < -0.4 is 4.74 Å². The Labute approximate surface area is 234 Å². The highest BCUT2D eigenvalue weighted by atomic mass is 16.7. The highest BCUT2D eigenvalue weighted by Gasteiger charge is 2.55. The number of hydrogen-bond acceptors (Lipinski definition) is 13. The molecule has 9 atom stereocenters. The number of fused-ring (bicyclic) bond motifs is 3. The van der Waals surface area contributed by atoms with Gasteiger partial charge in [-0.2, -0.15) is 0 Å². The molecule has 0 spiro atoms. The van der Waals surface area contributed by atoms with Gasteiger partial charge in [0.1, 0.15) is 59.5 Å². The van der Waals surface area contributed by atoms with Crippen molar-refractivity contribution in [1.29, 1.82) is 0 Å². The van der Waals surface area contributed by atoms with Crippen molar-refractivity contribution in [2.24, 2.45) is 0 Å². The zero-order chi connectivity index (χ0) is 30.1. The molecule has 9 unspecified atom stereocenters. The largest absolute Gasteiger partial charge is 0.507 e. The van der Waals surface area contributed by atoms with E-state index in [4.69, 9.17) is 23.7 Å². The van der Waals surface area contributed by atoms with E-state index in [1.54, 1.807) is 0 Å². The fraction of sp³-hybridized carbons (Fsp3) is 0.500. The fourth-order valence-electron chi connectivity index (χ4n) is 5.98. The van der Waals surface area contributed by atoms with Gasteiger partial charge in [-0.3, -0.25) is 9.59 Å². The zero-order valence-electron chi connectivity index (χ0n) is 22.9. The molecule has 1 aliphatic heterocycles. The minimum atomic E-state index is -2.06. The van der Waals surface area contributed by atoms with Crippen LogP contribution in [0.3, 0.4) is 0 Å². The number of rotatable bonds is 5. The lowest BCUT2D eigenvalue weighted by atomic mass is 9.71. The Kier molecular flexibility index (Phi) is 7.37. The number of aliphatic hydroxyl groups is 4. The third-order valence-electron chi connectivity index (χ3n) is 8.22. The third-order valence-corrected chi connectivity index (χ3v) is 8.22. The van der Waals surface area contributed by atoms with Crippen LogP contribution in [-0.4, -0.2) is 106 Å². The summed E-state index contributed by atoms with van der Waals surface area (Å²) in [6.45, 7) is 2.76. The monoisotopic (exact) mass is 576 g/mol. The van der Waals surface area contributed by atoms with Gasteiger partial charge in [-0.05, 0) is 31.5 Å². The number of carbonyl (C=O) groups is 2. The van der Waals surface area contributed by atoms with Crippen LogP contribution >= 0.6 is 0 Å². The van der Waals surface area contributed by atoms with Crippen molar-refractivity contribution >= 4 is 11.6 Å². The van der Waals surface area contributed by atoms with Gasteiger partial charge in [-0.15, -0.1) is 0 Å². The molecular formula is C28H32O13. The number of aliphatic hydroxyl groups excluding tert-OH is 3. The average molecular weight is 577 g/mol. The third kappa shape index (κ3) is 4.23. The molecule has 2 aromatic rings. The molecule has 0 aromatic heterocycles. The van der Waals surface area contributed by atoms with Crippen molar-refractivity contribution in [1.82, 2.24) is 0 Å². The minimum Gasteiger partial charge on any atom is -0.507 e. The maximum Gasteiger partial charge on any atom is 0.201 e. The second-order valence-corrected chi connectivity index (χ2v) is 10.6. The van der Waals surface area contributed by atoms with Crippen LogP contribution in [0.25, 0.3) is 0 Å². The maximum atomic E-state index is 13.7. The Hall–Kier alpha value is -3.14. The standard InChI is InChI=1S/C28H32O13/c1-9-18(30)22(34)24(38-4)27(40-9)41-23-17-13(25(35)28(2,36)26(23)39-5)8-12-16(21(17)33)20(32)15-11(19(12)31)6-10(37-3)7-14(15)29/h6-9,18,22-27,29-30,33-36H,1-5H3. The molecular weight excluding hydrogens is 544 g/mol. The minimum absolute atomic E-state index is 0.120. The molecule has 222 valence electrons. The number of ketones is 2. The number of carbonyl (C=O) groups excluding carboxylic acids is 2. The Morgan fingerprint density at radius 3 is 2.17 bits per heavy atom. The number of methoxy groups -OCH3 is 3. The van der Waals surface area contributed by atoms with E-state index in [2.05, 4.69) is 0 Å². The first kappa shape index (κ1) is 29.4. The van der Waals surface area contributed by atoms with Gasteiger partial charge in [0.25, 0.3) is 0 Å².